The Hall–Kier alpha value is -2.24. The van der Waals surface area contributed by atoms with Gasteiger partial charge >= 0.3 is 5.97 Å². The average molecular weight is 292 g/mol. The monoisotopic (exact) mass is 292 g/mol. The van der Waals surface area contributed by atoms with Crippen molar-refractivity contribution in [3.8, 4) is 5.75 Å². The van der Waals surface area contributed by atoms with Crippen LogP contribution in [0, 0.1) is 5.92 Å². The minimum atomic E-state index is -0.272. The molecule has 1 aromatic rings. The number of nitrogen functional groups attached to an aromatic ring is 1. The van der Waals surface area contributed by atoms with Crippen molar-refractivity contribution >= 4 is 17.6 Å². The normalized spacial score (nSPS) is 18.2. The molecule has 1 amide bonds. The van der Waals surface area contributed by atoms with Crippen LogP contribution in [0.2, 0.25) is 0 Å². The fourth-order valence-corrected chi connectivity index (χ4v) is 2.54. The Bertz CT molecular complexity index is 544. The molecule has 0 aliphatic carbocycles. The number of piperidine rings is 1. The largest absolute Gasteiger partial charge is 0.497 e. The lowest BCUT2D eigenvalue weighted by Crippen LogP contribution is -2.42. The summed E-state index contributed by atoms with van der Waals surface area (Å²) in [5.41, 5.74) is 6.68. The van der Waals surface area contributed by atoms with Gasteiger partial charge in [0.1, 0.15) is 5.75 Å². The van der Waals surface area contributed by atoms with Gasteiger partial charge in [0, 0.05) is 18.8 Å². The molecule has 114 valence electrons. The Morgan fingerprint density at radius 3 is 2.76 bits per heavy atom. The van der Waals surface area contributed by atoms with Crippen LogP contribution in [-0.4, -0.2) is 44.1 Å². The van der Waals surface area contributed by atoms with Crippen molar-refractivity contribution in [1.29, 1.82) is 0 Å². The van der Waals surface area contributed by atoms with Gasteiger partial charge in [-0.25, -0.2) is 0 Å². The number of carbonyl (C=O) groups is 2. The number of carbonyl (C=O) groups excluding carboxylic acids is 2. The zero-order chi connectivity index (χ0) is 15.4. The highest BCUT2D eigenvalue weighted by Gasteiger charge is 2.30. The van der Waals surface area contributed by atoms with Crippen molar-refractivity contribution in [3.63, 3.8) is 0 Å². The number of amides is 1. The quantitative estimate of drug-likeness (QED) is 0.671. The van der Waals surface area contributed by atoms with Crippen LogP contribution in [0.5, 0.6) is 5.75 Å². The number of anilines is 1. The van der Waals surface area contributed by atoms with Crippen molar-refractivity contribution in [2.75, 3.05) is 33.0 Å². The molecule has 2 rings (SSSR count). The van der Waals surface area contributed by atoms with E-state index >= 15 is 0 Å². The molecular formula is C15H20N2O4. The fraction of sp³-hybridized carbons (Fsp3) is 0.467. The predicted octanol–water partition coefficient (Wildman–Crippen LogP) is 1.30. The van der Waals surface area contributed by atoms with Crippen LogP contribution in [0.4, 0.5) is 5.69 Å². The summed E-state index contributed by atoms with van der Waals surface area (Å²) in [7, 11) is 2.90. The molecule has 6 nitrogen and oxygen atoms in total. The first kappa shape index (κ1) is 15.2. The maximum absolute atomic E-state index is 12.6. The first-order valence-electron chi connectivity index (χ1n) is 6.87. The van der Waals surface area contributed by atoms with Gasteiger partial charge < -0.3 is 20.1 Å². The molecule has 2 N–H and O–H groups in total. The standard InChI is InChI=1S/C15H20N2O4/c1-20-11-5-6-13(16)12(8-11)14(18)17-7-3-4-10(9-17)15(19)21-2/h5-6,8,10H,3-4,7,9,16H2,1-2H3. The molecule has 6 heteroatoms. The lowest BCUT2D eigenvalue weighted by Gasteiger charge is -2.31. The summed E-state index contributed by atoms with van der Waals surface area (Å²) >= 11 is 0. The Kier molecular flexibility index (Phi) is 4.67. The minimum absolute atomic E-state index is 0.181. The zero-order valence-corrected chi connectivity index (χ0v) is 12.3. The number of rotatable bonds is 3. The van der Waals surface area contributed by atoms with Gasteiger partial charge in [-0.3, -0.25) is 9.59 Å². The zero-order valence-electron chi connectivity index (χ0n) is 12.3. The van der Waals surface area contributed by atoms with E-state index in [9.17, 15) is 9.59 Å². The van der Waals surface area contributed by atoms with Gasteiger partial charge in [0.25, 0.3) is 5.91 Å². The molecule has 1 aromatic carbocycles. The number of benzene rings is 1. The molecule has 0 bridgehead atoms. The van der Waals surface area contributed by atoms with Crippen LogP contribution in [-0.2, 0) is 9.53 Å². The van der Waals surface area contributed by atoms with Crippen LogP contribution in [0.1, 0.15) is 23.2 Å². The van der Waals surface area contributed by atoms with Crippen LogP contribution in [0.3, 0.4) is 0 Å². The second-order valence-corrected chi connectivity index (χ2v) is 5.07. The van der Waals surface area contributed by atoms with E-state index < -0.39 is 0 Å². The molecule has 1 aliphatic heterocycles. The van der Waals surface area contributed by atoms with Crippen molar-refractivity contribution in [1.82, 2.24) is 4.90 Å². The summed E-state index contributed by atoms with van der Waals surface area (Å²) in [6, 6.07) is 4.98. The second kappa shape index (κ2) is 6.47. The number of nitrogens with two attached hydrogens (primary N) is 1. The van der Waals surface area contributed by atoms with Crippen molar-refractivity contribution in [2.45, 2.75) is 12.8 Å². The smallest absolute Gasteiger partial charge is 0.310 e. The van der Waals surface area contributed by atoms with Crippen LogP contribution < -0.4 is 10.5 Å². The number of methoxy groups -OCH3 is 2. The van der Waals surface area contributed by atoms with E-state index in [4.69, 9.17) is 15.2 Å². The SMILES string of the molecule is COC(=O)C1CCCN(C(=O)c2cc(OC)ccc2N)C1. The third-order valence-corrected chi connectivity index (χ3v) is 3.73. The van der Waals surface area contributed by atoms with Crippen molar-refractivity contribution in [3.05, 3.63) is 23.8 Å². The van der Waals surface area contributed by atoms with E-state index in [1.807, 2.05) is 0 Å². The highest BCUT2D eigenvalue weighted by Crippen LogP contribution is 2.24. The van der Waals surface area contributed by atoms with Gasteiger partial charge in [-0.05, 0) is 31.0 Å². The van der Waals surface area contributed by atoms with Gasteiger partial charge in [0.05, 0.1) is 25.7 Å². The summed E-state index contributed by atoms with van der Waals surface area (Å²) in [5.74, 6) is -0.139. The van der Waals surface area contributed by atoms with Gasteiger partial charge in [0.15, 0.2) is 0 Å². The molecule has 1 aliphatic rings. The first-order chi connectivity index (χ1) is 10.1. The maximum Gasteiger partial charge on any atom is 0.310 e. The number of esters is 1. The molecule has 21 heavy (non-hydrogen) atoms. The first-order valence-corrected chi connectivity index (χ1v) is 6.87. The maximum atomic E-state index is 12.6. The van der Waals surface area contributed by atoms with E-state index in [-0.39, 0.29) is 17.8 Å². The average Bonchev–Trinajstić information content (AvgIpc) is 2.54. The fourth-order valence-electron chi connectivity index (χ4n) is 2.54. The highest BCUT2D eigenvalue weighted by atomic mass is 16.5. The molecular weight excluding hydrogens is 272 g/mol. The van der Waals surface area contributed by atoms with E-state index in [1.165, 1.54) is 14.2 Å². The Balaban J connectivity index is 2.17. The van der Waals surface area contributed by atoms with Gasteiger partial charge in [-0.1, -0.05) is 0 Å². The van der Waals surface area contributed by atoms with Gasteiger partial charge in [-0.2, -0.15) is 0 Å². The Labute approximate surface area is 123 Å². The van der Waals surface area contributed by atoms with Crippen LogP contribution in [0.15, 0.2) is 18.2 Å². The predicted molar refractivity (Wildman–Crippen MR) is 78.0 cm³/mol. The molecule has 1 saturated heterocycles. The van der Waals surface area contributed by atoms with E-state index in [2.05, 4.69) is 0 Å². The lowest BCUT2D eigenvalue weighted by atomic mass is 9.97. The minimum Gasteiger partial charge on any atom is -0.497 e. The lowest BCUT2D eigenvalue weighted by molar-refractivity contribution is -0.146. The summed E-state index contributed by atoms with van der Waals surface area (Å²) in [6.07, 6.45) is 1.51. The number of hydrogen-bond acceptors (Lipinski definition) is 5. The highest BCUT2D eigenvalue weighted by molar-refractivity contribution is 5.99. The molecule has 0 spiro atoms. The third kappa shape index (κ3) is 3.26. The third-order valence-electron chi connectivity index (χ3n) is 3.73. The molecule has 1 heterocycles. The van der Waals surface area contributed by atoms with E-state index in [1.54, 1.807) is 23.1 Å². The van der Waals surface area contributed by atoms with Gasteiger partial charge in [-0.15, -0.1) is 0 Å². The molecule has 0 aromatic heterocycles. The van der Waals surface area contributed by atoms with Crippen molar-refractivity contribution < 1.29 is 19.1 Å². The number of nitrogens with zero attached hydrogens (tertiary/aromatic N) is 1. The molecule has 1 unspecified atom stereocenters. The van der Waals surface area contributed by atoms with Crippen molar-refractivity contribution in [2.24, 2.45) is 5.92 Å². The number of likely N-dealkylation sites (tertiary alicyclic amines) is 1. The number of hydrogen-bond donors (Lipinski definition) is 1. The molecule has 1 fully saturated rings. The number of ether oxygens (including phenoxy) is 2. The Morgan fingerprint density at radius 1 is 1.33 bits per heavy atom. The summed E-state index contributed by atoms with van der Waals surface area (Å²) < 4.78 is 9.89. The van der Waals surface area contributed by atoms with Crippen LogP contribution >= 0.6 is 0 Å². The van der Waals surface area contributed by atoms with E-state index in [0.29, 0.717) is 30.1 Å². The topological polar surface area (TPSA) is 81.9 Å². The van der Waals surface area contributed by atoms with Crippen LogP contribution in [0.25, 0.3) is 0 Å². The van der Waals surface area contributed by atoms with Gasteiger partial charge in [0.2, 0.25) is 0 Å². The second-order valence-electron chi connectivity index (χ2n) is 5.07. The summed E-state index contributed by atoms with van der Waals surface area (Å²) in [4.78, 5) is 25.9. The molecule has 0 radical (unpaired) electrons. The molecule has 0 saturated carbocycles. The van der Waals surface area contributed by atoms with E-state index in [0.717, 1.165) is 12.8 Å². The summed E-state index contributed by atoms with van der Waals surface area (Å²) in [6.45, 7) is 0.977. The molecule has 1 atom stereocenters. The Morgan fingerprint density at radius 2 is 2.10 bits per heavy atom. The summed E-state index contributed by atoms with van der Waals surface area (Å²) in [5, 5.41) is 0.